The van der Waals surface area contributed by atoms with Crippen LogP contribution in [0.5, 0.6) is 0 Å². The van der Waals surface area contributed by atoms with E-state index in [1.807, 2.05) is 25.1 Å². The Bertz CT molecular complexity index is 705. The lowest BCUT2D eigenvalue weighted by molar-refractivity contribution is 0.169. The molecular formula is C15H15N3O. The predicted molar refractivity (Wildman–Crippen MR) is 74.1 cm³/mol. The molecule has 0 fully saturated rings. The quantitative estimate of drug-likeness (QED) is 0.780. The smallest absolute Gasteiger partial charge is 0.112 e. The normalized spacial score (nSPS) is 12.7. The van der Waals surface area contributed by atoms with Gasteiger partial charge in [-0.1, -0.05) is 42.5 Å². The summed E-state index contributed by atoms with van der Waals surface area (Å²) < 4.78 is 1.70. The third kappa shape index (κ3) is 2.22. The second kappa shape index (κ2) is 4.82. The molecule has 19 heavy (non-hydrogen) atoms. The molecule has 1 N–H and O–H groups in total. The van der Waals surface area contributed by atoms with E-state index < -0.39 is 6.10 Å². The number of benzene rings is 2. The van der Waals surface area contributed by atoms with Crippen molar-refractivity contribution in [1.29, 1.82) is 0 Å². The van der Waals surface area contributed by atoms with Crippen LogP contribution in [0.25, 0.3) is 16.5 Å². The van der Waals surface area contributed by atoms with Gasteiger partial charge in [0.1, 0.15) is 5.69 Å². The zero-order valence-electron chi connectivity index (χ0n) is 10.7. The fourth-order valence-electron chi connectivity index (χ4n) is 2.08. The molecule has 0 saturated heterocycles. The number of aromatic nitrogens is 3. The molecular weight excluding hydrogens is 238 g/mol. The fourth-order valence-corrected chi connectivity index (χ4v) is 2.08. The Kier molecular flexibility index (Phi) is 3.01. The van der Waals surface area contributed by atoms with E-state index in [0.29, 0.717) is 12.1 Å². The van der Waals surface area contributed by atoms with Gasteiger partial charge in [-0.05, 0) is 29.3 Å². The Hall–Kier alpha value is -2.20. The fraction of sp³-hybridized carbons (Fsp3) is 0.200. The summed E-state index contributed by atoms with van der Waals surface area (Å²) in [4.78, 5) is 0. The van der Waals surface area contributed by atoms with Crippen molar-refractivity contribution in [3.63, 3.8) is 0 Å². The zero-order chi connectivity index (χ0) is 13.2. The lowest BCUT2D eigenvalue weighted by Crippen LogP contribution is -1.95. The molecule has 1 atom stereocenters. The van der Waals surface area contributed by atoms with Gasteiger partial charge >= 0.3 is 0 Å². The summed E-state index contributed by atoms with van der Waals surface area (Å²) in [5.41, 5.74) is 1.55. The summed E-state index contributed by atoms with van der Waals surface area (Å²) in [5, 5.41) is 20.2. The number of rotatable bonds is 3. The van der Waals surface area contributed by atoms with E-state index in [2.05, 4.69) is 34.6 Å². The van der Waals surface area contributed by atoms with E-state index in [-0.39, 0.29) is 0 Å². The first-order valence-corrected chi connectivity index (χ1v) is 6.37. The molecule has 0 aliphatic carbocycles. The molecule has 2 aromatic carbocycles. The van der Waals surface area contributed by atoms with Gasteiger partial charge in [-0.15, -0.1) is 5.10 Å². The number of fused-ring (bicyclic) bond motifs is 1. The molecule has 0 amide bonds. The van der Waals surface area contributed by atoms with Crippen molar-refractivity contribution < 1.29 is 5.11 Å². The third-order valence-corrected chi connectivity index (χ3v) is 3.24. The number of aliphatic hydroxyl groups is 1. The number of hydrogen-bond donors (Lipinski definition) is 1. The van der Waals surface area contributed by atoms with E-state index in [1.54, 1.807) is 10.9 Å². The molecule has 0 bridgehead atoms. The summed E-state index contributed by atoms with van der Waals surface area (Å²) in [6, 6.07) is 14.3. The maximum Gasteiger partial charge on any atom is 0.112 e. The topological polar surface area (TPSA) is 50.9 Å². The van der Waals surface area contributed by atoms with Crippen molar-refractivity contribution in [2.75, 3.05) is 0 Å². The first-order valence-electron chi connectivity index (χ1n) is 6.37. The standard InChI is InChI=1S/C15H15N3O/c1-2-15(19)14-10-18(17-16-14)13-8-7-11-5-3-4-6-12(11)9-13/h3-10,15,19H,2H2,1H3. The predicted octanol–water partition coefficient (Wildman–Crippen LogP) is 2.86. The molecule has 3 aromatic rings. The lowest BCUT2D eigenvalue weighted by Gasteiger charge is -2.03. The molecule has 3 rings (SSSR count). The van der Waals surface area contributed by atoms with Crippen molar-refractivity contribution >= 4 is 10.8 Å². The average molecular weight is 253 g/mol. The Balaban J connectivity index is 2.01. The first-order chi connectivity index (χ1) is 9.28. The second-order valence-electron chi connectivity index (χ2n) is 4.54. The molecule has 0 radical (unpaired) electrons. The highest BCUT2D eigenvalue weighted by molar-refractivity contribution is 5.84. The van der Waals surface area contributed by atoms with Crippen LogP contribution in [-0.4, -0.2) is 20.1 Å². The summed E-state index contributed by atoms with van der Waals surface area (Å²) >= 11 is 0. The van der Waals surface area contributed by atoms with Crippen LogP contribution in [0.3, 0.4) is 0 Å². The van der Waals surface area contributed by atoms with Gasteiger partial charge in [-0.25, -0.2) is 4.68 Å². The van der Waals surface area contributed by atoms with Gasteiger partial charge in [0, 0.05) is 0 Å². The average Bonchev–Trinajstić information content (AvgIpc) is 2.95. The summed E-state index contributed by atoms with van der Waals surface area (Å²) in [7, 11) is 0. The molecule has 1 heterocycles. The molecule has 0 aliphatic heterocycles. The van der Waals surface area contributed by atoms with Crippen molar-refractivity contribution in [2.45, 2.75) is 19.4 Å². The highest BCUT2D eigenvalue weighted by Crippen LogP contribution is 2.19. The van der Waals surface area contributed by atoms with E-state index >= 15 is 0 Å². The first kappa shape index (κ1) is 11.9. The van der Waals surface area contributed by atoms with Crippen LogP contribution in [0.4, 0.5) is 0 Å². The largest absolute Gasteiger partial charge is 0.387 e. The van der Waals surface area contributed by atoms with E-state index in [4.69, 9.17) is 0 Å². The molecule has 1 aromatic heterocycles. The Morgan fingerprint density at radius 2 is 1.95 bits per heavy atom. The molecule has 4 nitrogen and oxygen atoms in total. The molecule has 0 aliphatic rings. The Labute approximate surface area is 111 Å². The SMILES string of the molecule is CCC(O)c1cn(-c2ccc3ccccc3c2)nn1. The number of aliphatic hydroxyl groups excluding tert-OH is 1. The van der Waals surface area contributed by atoms with Crippen LogP contribution in [0, 0.1) is 0 Å². The molecule has 4 heteroatoms. The zero-order valence-corrected chi connectivity index (χ0v) is 10.7. The minimum absolute atomic E-state index is 0.547. The van der Waals surface area contributed by atoms with E-state index in [9.17, 15) is 5.11 Å². The van der Waals surface area contributed by atoms with E-state index in [1.165, 1.54) is 5.39 Å². The molecule has 96 valence electrons. The van der Waals surface area contributed by atoms with Gasteiger partial charge < -0.3 is 5.11 Å². The third-order valence-electron chi connectivity index (χ3n) is 3.24. The van der Waals surface area contributed by atoms with Crippen LogP contribution in [0.15, 0.2) is 48.7 Å². The van der Waals surface area contributed by atoms with Crippen LogP contribution in [-0.2, 0) is 0 Å². The van der Waals surface area contributed by atoms with Gasteiger partial charge in [-0.3, -0.25) is 0 Å². The van der Waals surface area contributed by atoms with Crippen molar-refractivity contribution in [3.8, 4) is 5.69 Å². The van der Waals surface area contributed by atoms with E-state index in [0.717, 1.165) is 11.1 Å². The van der Waals surface area contributed by atoms with Gasteiger partial charge in [0.25, 0.3) is 0 Å². The molecule has 0 saturated carbocycles. The van der Waals surface area contributed by atoms with Gasteiger partial charge in [0.2, 0.25) is 0 Å². The van der Waals surface area contributed by atoms with Crippen LogP contribution in [0.1, 0.15) is 25.1 Å². The second-order valence-corrected chi connectivity index (χ2v) is 4.54. The monoisotopic (exact) mass is 253 g/mol. The number of nitrogens with zero attached hydrogens (tertiary/aromatic N) is 3. The summed E-state index contributed by atoms with van der Waals surface area (Å²) in [6.07, 6.45) is 1.86. The van der Waals surface area contributed by atoms with Crippen LogP contribution >= 0.6 is 0 Å². The summed E-state index contributed by atoms with van der Waals surface area (Å²) in [6.45, 7) is 1.92. The molecule has 1 unspecified atom stereocenters. The van der Waals surface area contributed by atoms with Crippen molar-refractivity contribution in [1.82, 2.24) is 15.0 Å². The Morgan fingerprint density at radius 3 is 2.74 bits per heavy atom. The van der Waals surface area contributed by atoms with Gasteiger partial charge in [-0.2, -0.15) is 0 Å². The van der Waals surface area contributed by atoms with Crippen molar-refractivity contribution in [3.05, 3.63) is 54.4 Å². The highest BCUT2D eigenvalue weighted by Gasteiger charge is 2.10. The van der Waals surface area contributed by atoms with Crippen LogP contribution in [0.2, 0.25) is 0 Å². The Morgan fingerprint density at radius 1 is 1.16 bits per heavy atom. The minimum Gasteiger partial charge on any atom is -0.387 e. The summed E-state index contributed by atoms with van der Waals surface area (Å²) in [5.74, 6) is 0. The minimum atomic E-state index is -0.547. The van der Waals surface area contributed by atoms with Gasteiger partial charge in [0.05, 0.1) is 18.0 Å². The lowest BCUT2D eigenvalue weighted by atomic mass is 10.1. The van der Waals surface area contributed by atoms with Crippen LogP contribution < -0.4 is 0 Å². The highest BCUT2D eigenvalue weighted by atomic mass is 16.3. The molecule has 0 spiro atoms. The maximum atomic E-state index is 9.75. The number of hydrogen-bond acceptors (Lipinski definition) is 3. The van der Waals surface area contributed by atoms with Gasteiger partial charge in [0.15, 0.2) is 0 Å². The van der Waals surface area contributed by atoms with Crippen molar-refractivity contribution in [2.24, 2.45) is 0 Å². The maximum absolute atomic E-state index is 9.75.